The van der Waals surface area contributed by atoms with Crippen LogP contribution in [-0.4, -0.2) is 78.2 Å². The van der Waals surface area contributed by atoms with E-state index >= 15 is 0 Å². The van der Waals surface area contributed by atoms with Gasteiger partial charge in [0, 0.05) is 38.6 Å². The molecule has 0 aromatic heterocycles. The third-order valence-electron chi connectivity index (χ3n) is 5.90. The van der Waals surface area contributed by atoms with Crippen molar-refractivity contribution in [2.75, 3.05) is 39.8 Å². The second kappa shape index (κ2) is 5.58. The van der Waals surface area contributed by atoms with Crippen molar-refractivity contribution < 1.29 is 9.59 Å². The SMILES string of the molecule is CN1CCC2(CC1)N=CN(CC1CCN(C(=O)C3CC3)C1)C2=O. The summed E-state index contributed by atoms with van der Waals surface area (Å²) in [4.78, 5) is 35.6. The second-order valence-corrected chi connectivity index (χ2v) is 7.75. The Hall–Kier alpha value is -1.43. The number of amides is 2. The van der Waals surface area contributed by atoms with Gasteiger partial charge in [-0.15, -0.1) is 0 Å². The van der Waals surface area contributed by atoms with Gasteiger partial charge < -0.3 is 14.7 Å². The van der Waals surface area contributed by atoms with E-state index in [0.717, 1.165) is 58.3 Å². The molecule has 0 N–H and O–H groups in total. The molecule has 1 atom stereocenters. The largest absolute Gasteiger partial charge is 0.342 e. The topological polar surface area (TPSA) is 56.2 Å². The molecule has 126 valence electrons. The number of carbonyl (C=O) groups is 2. The number of rotatable bonds is 3. The van der Waals surface area contributed by atoms with Crippen LogP contribution in [0, 0.1) is 11.8 Å². The van der Waals surface area contributed by atoms with Crippen LogP contribution in [-0.2, 0) is 9.59 Å². The van der Waals surface area contributed by atoms with Gasteiger partial charge in [0.15, 0.2) is 0 Å². The lowest BCUT2D eigenvalue weighted by Gasteiger charge is -2.34. The molecule has 23 heavy (non-hydrogen) atoms. The average molecular weight is 318 g/mol. The average Bonchev–Trinajstić information content (AvgIpc) is 3.24. The van der Waals surface area contributed by atoms with E-state index in [1.54, 1.807) is 6.34 Å². The van der Waals surface area contributed by atoms with Gasteiger partial charge in [0.1, 0.15) is 5.54 Å². The highest BCUT2D eigenvalue weighted by molar-refractivity contribution is 6.00. The molecule has 4 aliphatic rings. The van der Waals surface area contributed by atoms with Crippen molar-refractivity contribution in [1.82, 2.24) is 14.7 Å². The van der Waals surface area contributed by atoms with Gasteiger partial charge >= 0.3 is 0 Å². The number of piperidine rings is 1. The number of likely N-dealkylation sites (tertiary alicyclic amines) is 2. The standard InChI is InChI=1S/C17H26N4O2/c1-19-8-5-17(6-9-19)16(23)21(12-18-17)11-13-4-7-20(10-13)15(22)14-2-3-14/h12-14H,2-11H2,1H3. The lowest BCUT2D eigenvalue weighted by atomic mass is 9.87. The molecule has 0 bridgehead atoms. The van der Waals surface area contributed by atoms with E-state index in [9.17, 15) is 9.59 Å². The van der Waals surface area contributed by atoms with E-state index < -0.39 is 5.54 Å². The first-order valence-corrected chi connectivity index (χ1v) is 8.91. The van der Waals surface area contributed by atoms with E-state index in [0.29, 0.717) is 24.3 Å². The molecule has 2 saturated heterocycles. The Balaban J connectivity index is 1.33. The molecule has 3 aliphatic heterocycles. The molecule has 6 nitrogen and oxygen atoms in total. The maximum Gasteiger partial charge on any atom is 0.255 e. The summed E-state index contributed by atoms with van der Waals surface area (Å²) in [5.74, 6) is 1.21. The predicted molar refractivity (Wildman–Crippen MR) is 87.1 cm³/mol. The number of carbonyl (C=O) groups excluding carboxylic acids is 2. The molecule has 3 fully saturated rings. The molecule has 6 heteroatoms. The summed E-state index contributed by atoms with van der Waals surface area (Å²) in [6.45, 7) is 4.25. The molecule has 3 heterocycles. The van der Waals surface area contributed by atoms with Gasteiger partial charge in [0.05, 0.1) is 6.34 Å². The summed E-state index contributed by atoms with van der Waals surface area (Å²) < 4.78 is 0. The van der Waals surface area contributed by atoms with Crippen LogP contribution < -0.4 is 0 Å². The Bertz CT molecular complexity index is 535. The fraction of sp³-hybridized carbons (Fsp3) is 0.824. The van der Waals surface area contributed by atoms with Gasteiger partial charge in [-0.3, -0.25) is 14.6 Å². The van der Waals surface area contributed by atoms with Gasteiger partial charge in [0.2, 0.25) is 5.91 Å². The van der Waals surface area contributed by atoms with Gasteiger partial charge in [-0.05, 0) is 45.1 Å². The normalized spacial score (nSPS) is 30.7. The van der Waals surface area contributed by atoms with Crippen molar-refractivity contribution >= 4 is 18.2 Å². The van der Waals surface area contributed by atoms with Crippen LogP contribution in [0.1, 0.15) is 32.1 Å². The van der Waals surface area contributed by atoms with E-state index in [1.807, 2.05) is 9.80 Å². The first kappa shape index (κ1) is 15.1. The van der Waals surface area contributed by atoms with Crippen LogP contribution in [0.15, 0.2) is 4.99 Å². The Labute approximate surface area is 137 Å². The van der Waals surface area contributed by atoms with Crippen molar-refractivity contribution in [3.8, 4) is 0 Å². The van der Waals surface area contributed by atoms with Gasteiger partial charge in [-0.2, -0.15) is 0 Å². The van der Waals surface area contributed by atoms with Gasteiger partial charge in [-0.1, -0.05) is 0 Å². The molecule has 1 unspecified atom stereocenters. The number of hydrogen-bond acceptors (Lipinski definition) is 4. The first-order chi connectivity index (χ1) is 11.1. The van der Waals surface area contributed by atoms with Gasteiger partial charge in [-0.25, -0.2) is 0 Å². The zero-order valence-electron chi connectivity index (χ0n) is 13.9. The maximum absolute atomic E-state index is 12.8. The summed E-state index contributed by atoms with van der Waals surface area (Å²) in [7, 11) is 2.10. The molecular formula is C17H26N4O2. The molecule has 4 rings (SSSR count). The summed E-state index contributed by atoms with van der Waals surface area (Å²) in [5.41, 5.74) is -0.491. The molecule has 2 amide bonds. The van der Waals surface area contributed by atoms with E-state index in [-0.39, 0.29) is 5.91 Å². The summed E-state index contributed by atoms with van der Waals surface area (Å²) in [6, 6.07) is 0. The first-order valence-electron chi connectivity index (χ1n) is 8.91. The quantitative estimate of drug-likeness (QED) is 0.765. The minimum Gasteiger partial charge on any atom is -0.342 e. The highest BCUT2D eigenvalue weighted by atomic mass is 16.2. The maximum atomic E-state index is 12.8. The predicted octanol–water partition coefficient (Wildman–Crippen LogP) is 0.580. The van der Waals surface area contributed by atoms with E-state index in [4.69, 9.17) is 0 Å². The Morgan fingerprint density at radius 1 is 1.26 bits per heavy atom. The van der Waals surface area contributed by atoms with Crippen molar-refractivity contribution in [3.05, 3.63) is 0 Å². The summed E-state index contributed by atoms with van der Waals surface area (Å²) in [6.07, 6.45) is 6.55. The molecule has 1 saturated carbocycles. The molecule has 0 aromatic rings. The van der Waals surface area contributed by atoms with Crippen LogP contribution in [0.3, 0.4) is 0 Å². The Kier molecular flexibility index (Phi) is 3.67. The van der Waals surface area contributed by atoms with Crippen LogP contribution in [0.4, 0.5) is 0 Å². The van der Waals surface area contributed by atoms with Crippen LogP contribution in [0.2, 0.25) is 0 Å². The fourth-order valence-corrected chi connectivity index (χ4v) is 4.07. The second-order valence-electron chi connectivity index (χ2n) is 7.75. The third kappa shape index (κ3) is 2.77. The van der Waals surface area contributed by atoms with Gasteiger partial charge in [0.25, 0.3) is 5.91 Å². The molecule has 0 aromatic carbocycles. The minimum atomic E-state index is -0.491. The van der Waals surface area contributed by atoms with E-state index in [1.165, 1.54) is 0 Å². The molecule has 1 aliphatic carbocycles. The van der Waals surface area contributed by atoms with E-state index in [2.05, 4.69) is 16.9 Å². The molecular weight excluding hydrogens is 292 g/mol. The van der Waals surface area contributed by atoms with Crippen molar-refractivity contribution in [2.24, 2.45) is 16.8 Å². The van der Waals surface area contributed by atoms with Crippen LogP contribution >= 0.6 is 0 Å². The number of hydrogen-bond donors (Lipinski definition) is 0. The fourth-order valence-electron chi connectivity index (χ4n) is 4.07. The lowest BCUT2D eigenvalue weighted by molar-refractivity contribution is -0.133. The minimum absolute atomic E-state index is 0.178. The highest BCUT2D eigenvalue weighted by Crippen LogP contribution is 2.34. The van der Waals surface area contributed by atoms with Crippen LogP contribution in [0.5, 0.6) is 0 Å². The monoisotopic (exact) mass is 318 g/mol. The zero-order chi connectivity index (χ0) is 16.0. The van der Waals surface area contributed by atoms with Crippen molar-refractivity contribution in [3.63, 3.8) is 0 Å². The zero-order valence-corrected chi connectivity index (χ0v) is 13.9. The highest BCUT2D eigenvalue weighted by Gasteiger charge is 2.47. The summed E-state index contributed by atoms with van der Waals surface area (Å²) in [5, 5.41) is 0. The smallest absolute Gasteiger partial charge is 0.255 e. The summed E-state index contributed by atoms with van der Waals surface area (Å²) >= 11 is 0. The Morgan fingerprint density at radius 2 is 2.00 bits per heavy atom. The molecule has 0 radical (unpaired) electrons. The number of aliphatic imine (C=N–C) groups is 1. The number of nitrogens with zero attached hydrogens (tertiary/aromatic N) is 4. The Morgan fingerprint density at radius 3 is 2.70 bits per heavy atom. The van der Waals surface area contributed by atoms with Crippen molar-refractivity contribution in [1.29, 1.82) is 0 Å². The van der Waals surface area contributed by atoms with Crippen LogP contribution in [0.25, 0.3) is 0 Å². The molecule has 1 spiro atoms. The lowest BCUT2D eigenvalue weighted by Crippen LogP contribution is -2.49. The third-order valence-corrected chi connectivity index (χ3v) is 5.90. The van der Waals surface area contributed by atoms with Crippen molar-refractivity contribution in [2.45, 2.75) is 37.6 Å².